The fraction of sp³-hybridized carbons (Fsp3) is 0.500. The van der Waals surface area contributed by atoms with Crippen molar-refractivity contribution in [1.82, 2.24) is 4.98 Å². The minimum Gasteiger partial charge on any atom is -0.397 e. The molecular weight excluding hydrogens is 200 g/mol. The third-order valence-electron chi connectivity index (χ3n) is 2.74. The maximum absolute atomic E-state index is 9.07. The Hall–Kier alpha value is -1.76. The van der Waals surface area contributed by atoms with Crippen LogP contribution in [0.4, 0.5) is 11.5 Å². The summed E-state index contributed by atoms with van der Waals surface area (Å²) in [7, 11) is 0. The topological polar surface area (TPSA) is 65.9 Å². The van der Waals surface area contributed by atoms with E-state index >= 15 is 0 Å². The highest BCUT2D eigenvalue weighted by molar-refractivity contribution is 5.59. The molecule has 0 aliphatic carbocycles. The molecule has 16 heavy (non-hydrogen) atoms. The van der Waals surface area contributed by atoms with Crippen molar-refractivity contribution < 1.29 is 0 Å². The van der Waals surface area contributed by atoms with Crippen LogP contribution in [-0.2, 0) is 0 Å². The van der Waals surface area contributed by atoms with E-state index in [4.69, 9.17) is 11.0 Å². The van der Waals surface area contributed by atoms with Gasteiger partial charge in [-0.15, -0.1) is 0 Å². The number of nitriles is 1. The molecule has 4 nitrogen and oxygen atoms in total. The summed E-state index contributed by atoms with van der Waals surface area (Å²) >= 11 is 0. The summed E-state index contributed by atoms with van der Waals surface area (Å²) in [5.74, 6) is 0.730. The van der Waals surface area contributed by atoms with Gasteiger partial charge in [-0.05, 0) is 26.3 Å². The van der Waals surface area contributed by atoms with Gasteiger partial charge in [-0.1, -0.05) is 6.92 Å². The first-order valence-electron chi connectivity index (χ1n) is 5.56. The van der Waals surface area contributed by atoms with Gasteiger partial charge in [0.05, 0.1) is 17.4 Å². The van der Waals surface area contributed by atoms with Crippen molar-refractivity contribution in [2.24, 2.45) is 0 Å². The highest BCUT2D eigenvalue weighted by Gasteiger charge is 2.16. The predicted molar refractivity (Wildman–Crippen MR) is 66.1 cm³/mol. The number of hydrogen-bond donors (Lipinski definition) is 1. The second-order valence-electron chi connectivity index (χ2n) is 3.79. The maximum atomic E-state index is 9.07. The number of nitrogens with zero attached hydrogens (tertiary/aromatic N) is 3. The van der Waals surface area contributed by atoms with E-state index in [1.807, 2.05) is 0 Å². The lowest BCUT2D eigenvalue weighted by Crippen LogP contribution is -2.33. The number of nitrogen functional groups attached to an aromatic ring is 1. The first-order chi connectivity index (χ1) is 7.63. The van der Waals surface area contributed by atoms with Crippen molar-refractivity contribution in [3.05, 3.63) is 17.8 Å². The summed E-state index contributed by atoms with van der Waals surface area (Å²) in [5, 5.41) is 9.07. The summed E-state index contributed by atoms with van der Waals surface area (Å²) in [4.78, 5) is 6.39. The Morgan fingerprint density at radius 1 is 1.56 bits per heavy atom. The molecule has 0 spiro atoms. The van der Waals surface area contributed by atoms with Crippen LogP contribution in [-0.4, -0.2) is 17.6 Å². The van der Waals surface area contributed by atoms with Crippen LogP contribution < -0.4 is 10.6 Å². The second kappa shape index (κ2) is 5.36. The Morgan fingerprint density at radius 2 is 2.25 bits per heavy atom. The summed E-state index contributed by atoms with van der Waals surface area (Å²) in [6.07, 6.45) is 2.62. The zero-order valence-corrected chi connectivity index (χ0v) is 10.1. The zero-order valence-electron chi connectivity index (χ0n) is 10.1. The van der Waals surface area contributed by atoms with Crippen molar-refractivity contribution in [2.75, 3.05) is 17.2 Å². The number of pyridine rings is 1. The van der Waals surface area contributed by atoms with Crippen molar-refractivity contribution in [1.29, 1.82) is 5.26 Å². The highest BCUT2D eigenvalue weighted by Crippen LogP contribution is 2.21. The van der Waals surface area contributed by atoms with Gasteiger partial charge in [0.15, 0.2) is 0 Å². The number of anilines is 2. The Morgan fingerprint density at radius 3 is 2.75 bits per heavy atom. The van der Waals surface area contributed by atoms with Crippen molar-refractivity contribution in [3.63, 3.8) is 0 Å². The Labute approximate surface area is 96.7 Å². The van der Waals surface area contributed by atoms with Crippen LogP contribution in [0, 0.1) is 11.3 Å². The van der Waals surface area contributed by atoms with Gasteiger partial charge in [0.2, 0.25) is 0 Å². The van der Waals surface area contributed by atoms with Crippen molar-refractivity contribution in [2.45, 2.75) is 33.2 Å². The summed E-state index contributed by atoms with van der Waals surface area (Å²) in [6, 6.07) is 4.19. The van der Waals surface area contributed by atoms with Gasteiger partial charge in [0.1, 0.15) is 11.9 Å². The number of nitrogens with two attached hydrogens (primary N) is 1. The molecule has 1 aromatic heterocycles. The van der Waals surface area contributed by atoms with Crippen LogP contribution >= 0.6 is 0 Å². The van der Waals surface area contributed by atoms with E-state index in [1.54, 1.807) is 12.3 Å². The van der Waals surface area contributed by atoms with Crippen LogP contribution in [0.2, 0.25) is 0 Å². The first kappa shape index (κ1) is 12.3. The van der Waals surface area contributed by atoms with Crippen LogP contribution in [0.15, 0.2) is 12.3 Å². The Bertz CT molecular complexity index is 394. The SMILES string of the molecule is CCC(C)N(CC)c1ncc(N)cc1C#N. The largest absolute Gasteiger partial charge is 0.397 e. The third kappa shape index (κ3) is 2.43. The molecule has 0 radical (unpaired) electrons. The highest BCUT2D eigenvalue weighted by atomic mass is 15.2. The van der Waals surface area contributed by atoms with E-state index in [2.05, 4.69) is 36.7 Å². The molecular formula is C12H18N4. The van der Waals surface area contributed by atoms with Crippen LogP contribution in [0.3, 0.4) is 0 Å². The molecule has 0 aromatic carbocycles. The van der Waals surface area contributed by atoms with Crippen LogP contribution in [0.1, 0.15) is 32.8 Å². The van der Waals surface area contributed by atoms with Crippen molar-refractivity contribution >= 4 is 11.5 Å². The Balaban J connectivity index is 3.15. The molecule has 0 fully saturated rings. The smallest absolute Gasteiger partial charge is 0.146 e. The lowest BCUT2D eigenvalue weighted by molar-refractivity contribution is 0.622. The van der Waals surface area contributed by atoms with E-state index in [-0.39, 0.29) is 0 Å². The monoisotopic (exact) mass is 218 g/mol. The summed E-state index contributed by atoms with van der Waals surface area (Å²) in [6.45, 7) is 7.14. The summed E-state index contributed by atoms with van der Waals surface area (Å²) < 4.78 is 0. The quantitative estimate of drug-likeness (QED) is 0.841. The number of aromatic nitrogens is 1. The minimum atomic E-state index is 0.369. The zero-order chi connectivity index (χ0) is 12.1. The van der Waals surface area contributed by atoms with E-state index in [0.29, 0.717) is 17.3 Å². The molecule has 0 saturated heterocycles. The second-order valence-corrected chi connectivity index (χ2v) is 3.79. The van der Waals surface area contributed by atoms with Crippen LogP contribution in [0.5, 0.6) is 0 Å². The molecule has 0 saturated carbocycles. The van der Waals surface area contributed by atoms with Gasteiger partial charge in [0, 0.05) is 12.6 Å². The number of hydrogen-bond acceptors (Lipinski definition) is 4. The van der Waals surface area contributed by atoms with Gasteiger partial charge < -0.3 is 10.6 Å². The molecule has 4 heteroatoms. The first-order valence-corrected chi connectivity index (χ1v) is 5.56. The lowest BCUT2D eigenvalue weighted by atomic mass is 10.2. The number of rotatable bonds is 4. The van der Waals surface area contributed by atoms with Crippen LogP contribution in [0.25, 0.3) is 0 Å². The molecule has 1 atom stereocenters. The minimum absolute atomic E-state index is 0.369. The molecule has 0 amide bonds. The molecule has 86 valence electrons. The van der Waals surface area contributed by atoms with Gasteiger partial charge >= 0.3 is 0 Å². The van der Waals surface area contributed by atoms with E-state index in [9.17, 15) is 0 Å². The molecule has 1 rings (SSSR count). The fourth-order valence-electron chi connectivity index (χ4n) is 1.68. The molecule has 0 aliphatic heterocycles. The van der Waals surface area contributed by atoms with Gasteiger partial charge in [-0.25, -0.2) is 4.98 Å². The summed E-state index contributed by atoms with van der Waals surface area (Å²) in [5.41, 5.74) is 6.69. The normalized spacial score (nSPS) is 11.9. The van der Waals surface area contributed by atoms with E-state index < -0.39 is 0 Å². The molecule has 2 N–H and O–H groups in total. The maximum Gasteiger partial charge on any atom is 0.146 e. The standard InChI is InChI=1S/C12H18N4/c1-4-9(3)16(5-2)12-10(7-13)6-11(14)8-15-12/h6,8-9H,4-5,14H2,1-3H3. The molecule has 0 aliphatic rings. The lowest BCUT2D eigenvalue weighted by Gasteiger charge is -2.29. The van der Waals surface area contributed by atoms with Gasteiger partial charge in [-0.3, -0.25) is 0 Å². The van der Waals surface area contributed by atoms with E-state index in [0.717, 1.165) is 18.8 Å². The fourth-order valence-corrected chi connectivity index (χ4v) is 1.68. The Kier molecular flexibility index (Phi) is 4.12. The van der Waals surface area contributed by atoms with Gasteiger partial charge in [-0.2, -0.15) is 5.26 Å². The predicted octanol–water partition coefficient (Wildman–Crippen LogP) is 2.16. The van der Waals surface area contributed by atoms with Gasteiger partial charge in [0.25, 0.3) is 0 Å². The molecule has 1 heterocycles. The molecule has 1 unspecified atom stereocenters. The third-order valence-corrected chi connectivity index (χ3v) is 2.74. The average Bonchev–Trinajstić information content (AvgIpc) is 2.31. The van der Waals surface area contributed by atoms with E-state index in [1.165, 1.54) is 0 Å². The molecule has 0 bridgehead atoms. The molecule has 1 aromatic rings. The average molecular weight is 218 g/mol. The van der Waals surface area contributed by atoms with Crippen molar-refractivity contribution in [3.8, 4) is 6.07 Å².